The van der Waals surface area contributed by atoms with Crippen LogP contribution in [0.5, 0.6) is 0 Å². The molecule has 0 aliphatic rings. The Hall–Kier alpha value is -2.11. The molecule has 2 aromatic rings. The number of aryl methyl sites for hydroxylation is 2. The van der Waals surface area contributed by atoms with Gasteiger partial charge in [0.05, 0.1) is 5.69 Å². The number of rotatable bonds is 2. The Kier molecular flexibility index (Phi) is 2.24. The van der Waals surface area contributed by atoms with Crippen LogP contribution < -0.4 is 5.32 Å². The Morgan fingerprint density at radius 1 is 1.47 bits per heavy atom. The number of aromatic amines is 1. The number of aromatic nitrogens is 3. The summed E-state index contributed by atoms with van der Waals surface area (Å²) < 4.78 is 4.81. The van der Waals surface area contributed by atoms with E-state index in [1.807, 2.05) is 6.92 Å². The smallest absolute Gasteiger partial charge is 0.295 e. The highest BCUT2D eigenvalue weighted by Crippen LogP contribution is 2.08. The predicted octanol–water partition coefficient (Wildman–Crippen LogP) is 1.27. The summed E-state index contributed by atoms with van der Waals surface area (Å²) >= 11 is 0. The Labute approximate surface area is 85.7 Å². The van der Waals surface area contributed by atoms with Gasteiger partial charge < -0.3 is 9.84 Å². The van der Waals surface area contributed by atoms with Crippen molar-refractivity contribution in [2.24, 2.45) is 0 Å². The van der Waals surface area contributed by atoms with Gasteiger partial charge in [0.25, 0.3) is 5.91 Å². The van der Waals surface area contributed by atoms with E-state index in [1.165, 1.54) is 0 Å². The van der Waals surface area contributed by atoms with Gasteiger partial charge >= 0.3 is 0 Å². The van der Waals surface area contributed by atoms with E-state index in [0.717, 1.165) is 5.69 Å². The van der Waals surface area contributed by atoms with Crippen LogP contribution in [0.4, 0.5) is 5.82 Å². The molecule has 2 rings (SSSR count). The van der Waals surface area contributed by atoms with E-state index < -0.39 is 0 Å². The van der Waals surface area contributed by atoms with Gasteiger partial charge in [-0.05, 0) is 13.8 Å². The Morgan fingerprint density at radius 2 is 2.27 bits per heavy atom. The standard InChI is InChI=1S/C9H10N4O2/c1-5-4-8(12-11-5)10-9(14)7-3-6(2)13-15-7/h3-4H,1-2H3,(H2,10,11,12,14). The molecule has 78 valence electrons. The van der Waals surface area contributed by atoms with E-state index in [1.54, 1.807) is 19.1 Å². The molecule has 1 amide bonds. The summed E-state index contributed by atoms with van der Waals surface area (Å²) in [4.78, 5) is 11.5. The average Bonchev–Trinajstić information content (AvgIpc) is 2.75. The van der Waals surface area contributed by atoms with Gasteiger partial charge in [0.2, 0.25) is 5.76 Å². The van der Waals surface area contributed by atoms with E-state index >= 15 is 0 Å². The lowest BCUT2D eigenvalue weighted by Gasteiger charge is -1.95. The number of carbonyl (C=O) groups excluding carboxylic acids is 1. The minimum absolute atomic E-state index is 0.174. The second-order valence-corrected chi connectivity index (χ2v) is 3.22. The first kappa shape index (κ1) is 9.45. The summed E-state index contributed by atoms with van der Waals surface area (Å²) in [6.45, 7) is 3.60. The maximum Gasteiger partial charge on any atom is 0.295 e. The van der Waals surface area contributed by atoms with Crippen LogP contribution in [0.15, 0.2) is 16.7 Å². The first-order valence-corrected chi connectivity index (χ1v) is 4.42. The number of nitrogens with zero attached hydrogens (tertiary/aromatic N) is 2. The lowest BCUT2D eigenvalue weighted by molar-refractivity contribution is 0.0987. The maximum absolute atomic E-state index is 11.5. The van der Waals surface area contributed by atoms with E-state index in [0.29, 0.717) is 11.5 Å². The highest BCUT2D eigenvalue weighted by molar-refractivity contribution is 6.01. The fourth-order valence-corrected chi connectivity index (χ4v) is 1.13. The minimum Gasteiger partial charge on any atom is -0.351 e. The maximum atomic E-state index is 11.5. The van der Waals surface area contributed by atoms with Crippen molar-refractivity contribution in [1.29, 1.82) is 0 Å². The normalized spacial score (nSPS) is 10.3. The fraction of sp³-hybridized carbons (Fsp3) is 0.222. The van der Waals surface area contributed by atoms with Crippen LogP contribution in [0.1, 0.15) is 21.9 Å². The number of carbonyl (C=O) groups is 1. The zero-order valence-electron chi connectivity index (χ0n) is 8.37. The van der Waals surface area contributed by atoms with Gasteiger partial charge in [-0.25, -0.2) is 0 Å². The Bertz CT molecular complexity index is 486. The van der Waals surface area contributed by atoms with E-state index in [9.17, 15) is 4.79 Å². The summed E-state index contributed by atoms with van der Waals surface area (Å²) in [7, 11) is 0. The minimum atomic E-state index is -0.359. The third-order valence-electron chi connectivity index (χ3n) is 1.80. The number of nitrogens with one attached hydrogen (secondary N) is 2. The zero-order valence-corrected chi connectivity index (χ0v) is 8.37. The highest BCUT2D eigenvalue weighted by atomic mass is 16.5. The predicted molar refractivity (Wildman–Crippen MR) is 52.5 cm³/mol. The van der Waals surface area contributed by atoms with Crippen molar-refractivity contribution in [3.63, 3.8) is 0 Å². The van der Waals surface area contributed by atoms with Crippen molar-refractivity contribution in [2.45, 2.75) is 13.8 Å². The third-order valence-corrected chi connectivity index (χ3v) is 1.80. The summed E-state index contributed by atoms with van der Waals surface area (Å²) in [6.07, 6.45) is 0. The largest absolute Gasteiger partial charge is 0.351 e. The highest BCUT2D eigenvalue weighted by Gasteiger charge is 2.12. The second kappa shape index (κ2) is 3.56. The van der Waals surface area contributed by atoms with Crippen molar-refractivity contribution in [1.82, 2.24) is 15.4 Å². The summed E-state index contributed by atoms with van der Waals surface area (Å²) in [5, 5.41) is 12.8. The topological polar surface area (TPSA) is 83.8 Å². The first-order valence-electron chi connectivity index (χ1n) is 4.42. The van der Waals surface area contributed by atoms with Crippen LogP contribution in [-0.4, -0.2) is 21.3 Å². The molecular weight excluding hydrogens is 196 g/mol. The zero-order chi connectivity index (χ0) is 10.8. The van der Waals surface area contributed by atoms with Crippen LogP contribution >= 0.6 is 0 Å². The van der Waals surface area contributed by atoms with Gasteiger partial charge in [0.1, 0.15) is 0 Å². The molecule has 0 aliphatic carbocycles. The lowest BCUT2D eigenvalue weighted by Crippen LogP contribution is -2.11. The van der Waals surface area contributed by atoms with Crippen molar-refractivity contribution in [2.75, 3.05) is 5.32 Å². The molecule has 0 unspecified atom stereocenters. The SMILES string of the molecule is Cc1cc(C(=O)Nc2cc(C)[nH]n2)on1. The monoisotopic (exact) mass is 206 g/mol. The molecule has 0 aliphatic heterocycles. The van der Waals surface area contributed by atoms with Gasteiger partial charge in [-0.1, -0.05) is 5.16 Å². The molecule has 2 N–H and O–H groups in total. The molecule has 0 atom stereocenters. The number of anilines is 1. The van der Waals surface area contributed by atoms with E-state index in [-0.39, 0.29) is 11.7 Å². The molecule has 0 saturated carbocycles. The molecule has 2 heterocycles. The Morgan fingerprint density at radius 3 is 2.80 bits per heavy atom. The van der Waals surface area contributed by atoms with Crippen LogP contribution in [-0.2, 0) is 0 Å². The third kappa shape index (κ3) is 2.04. The summed E-state index contributed by atoms with van der Waals surface area (Å²) in [5.41, 5.74) is 1.54. The van der Waals surface area contributed by atoms with Gasteiger partial charge in [-0.2, -0.15) is 5.10 Å². The van der Waals surface area contributed by atoms with Crippen LogP contribution in [0, 0.1) is 13.8 Å². The number of H-pyrrole nitrogens is 1. The summed E-state index contributed by atoms with van der Waals surface area (Å²) in [6, 6.07) is 3.29. The molecule has 0 bridgehead atoms. The molecule has 6 nitrogen and oxygen atoms in total. The molecule has 0 aromatic carbocycles. The molecule has 6 heteroatoms. The van der Waals surface area contributed by atoms with Crippen LogP contribution in [0.25, 0.3) is 0 Å². The number of hydrogen-bond donors (Lipinski definition) is 2. The number of hydrogen-bond acceptors (Lipinski definition) is 4. The lowest BCUT2D eigenvalue weighted by atomic mass is 10.3. The average molecular weight is 206 g/mol. The fourth-order valence-electron chi connectivity index (χ4n) is 1.13. The van der Waals surface area contributed by atoms with Gasteiger partial charge in [-0.3, -0.25) is 9.89 Å². The molecule has 15 heavy (non-hydrogen) atoms. The van der Waals surface area contributed by atoms with Crippen molar-refractivity contribution in [3.8, 4) is 0 Å². The molecule has 0 saturated heterocycles. The van der Waals surface area contributed by atoms with Gasteiger partial charge in [-0.15, -0.1) is 0 Å². The molecule has 0 spiro atoms. The van der Waals surface area contributed by atoms with E-state index in [2.05, 4.69) is 20.7 Å². The summed E-state index contributed by atoms with van der Waals surface area (Å²) in [5.74, 6) is 0.279. The Balaban J connectivity index is 2.10. The quantitative estimate of drug-likeness (QED) is 0.774. The molecule has 2 aromatic heterocycles. The number of amides is 1. The molecule has 0 radical (unpaired) electrons. The van der Waals surface area contributed by atoms with Crippen LogP contribution in [0.2, 0.25) is 0 Å². The van der Waals surface area contributed by atoms with Gasteiger partial charge in [0.15, 0.2) is 5.82 Å². The second-order valence-electron chi connectivity index (χ2n) is 3.22. The van der Waals surface area contributed by atoms with E-state index in [4.69, 9.17) is 4.52 Å². The van der Waals surface area contributed by atoms with Crippen LogP contribution in [0.3, 0.4) is 0 Å². The van der Waals surface area contributed by atoms with Crippen molar-refractivity contribution in [3.05, 3.63) is 29.3 Å². The van der Waals surface area contributed by atoms with Gasteiger partial charge in [0, 0.05) is 17.8 Å². The van der Waals surface area contributed by atoms with Crippen molar-refractivity contribution < 1.29 is 9.32 Å². The molecular formula is C9H10N4O2. The van der Waals surface area contributed by atoms with Crippen molar-refractivity contribution >= 4 is 11.7 Å². The molecule has 0 fully saturated rings. The first-order chi connectivity index (χ1) is 7.15.